The van der Waals surface area contributed by atoms with Crippen LogP contribution in [0.3, 0.4) is 0 Å². The molecule has 0 unspecified atom stereocenters. The Balaban J connectivity index is -0.0000000633. The van der Waals surface area contributed by atoms with Gasteiger partial charge >= 0.3 is 27.4 Å². The molecule has 0 aromatic carbocycles. The molecule has 1 amide bonds. The normalized spacial score (nSPS) is 7.51. The van der Waals surface area contributed by atoms with Crippen molar-refractivity contribution >= 4 is 183 Å². The Hall–Kier alpha value is 1.23. The minimum Gasteiger partial charge on any atom is 0 e. The fraction of sp³-hybridized carbons (Fsp3) is 0.667. The van der Waals surface area contributed by atoms with Crippen LogP contribution in [0.1, 0.15) is 20.3 Å². The molecule has 0 heterocycles. The van der Waals surface area contributed by atoms with Gasteiger partial charge in [0.1, 0.15) is 0 Å². The van der Waals surface area contributed by atoms with E-state index in [1.54, 1.807) is 14.0 Å². The van der Waals surface area contributed by atoms with Gasteiger partial charge in [-0.1, -0.05) is 18.0 Å². The summed E-state index contributed by atoms with van der Waals surface area (Å²) in [4.78, 5) is 23.6. The van der Waals surface area contributed by atoms with Crippen LogP contribution < -0.4 is 32.9 Å². The van der Waals surface area contributed by atoms with Gasteiger partial charge in [-0.15, -0.1) is 12.4 Å². The van der Waals surface area contributed by atoms with Crippen LogP contribution in [0.2, 0.25) is 6.82 Å². The average Bonchev–Trinajstić information content (AvgIpc) is 2.86. The van der Waals surface area contributed by atoms with Gasteiger partial charge in [0, 0.05) is 196 Å². The summed E-state index contributed by atoms with van der Waals surface area (Å²) in [6.45, 7) is 4.77. The first-order valence-electron chi connectivity index (χ1n) is 11.6. The Morgan fingerprint density at radius 3 is 1.42 bits per heavy atom. The number of quaternary nitrogens is 1. The van der Waals surface area contributed by atoms with E-state index in [1.165, 1.54) is 14.0 Å². The number of hydrazine groups is 2. The van der Waals surface area contributed by atoms with Crippen molar-refractivity contribution < 1.29 is 65.7 Å². The number of nitrogens with one attached hydrogen (secondary N) is 4. The summed E-state index contributed by atoms with van der Waals surface area (Å²) in [6.07, 6.45) is -3.86. The van der Waals surface area contributed by atoms with Gasteiger partial charge in [-0.25, -0.2) is 0 Å². The Bertz CT molecular complexity index is 580. The van der Waals surface area contributed by atoms with Crippen molar-refractivity contribution in [3.05, 3.63) is 5.73 Å². The molecule has 0 rings (SSSR count). The van der Waals surface area contributed by atoms with E-state index in [9.17, 15) is 9.59 Å². The molecule has 0 aromatic heterocycles. The summed E-state index contributed by atoms with van der Waals surface area (Å²) in [6, 6.07) is 0. The van der Waals surface area contributed by atoms with E-state index < -0.39 is 43.8 Å². The van der Waals surface area contributed by atoms with Gasteiger partial charge in [-0.2, -0.15) is 0 Å². The molecular formula is C6H25B24N7O4V2+. The van der Waals surface area contributed by atoms with E-state index in [1.807, 2.05) is 31.2 Å². The fourth-order valence-electron chi connectivity index (χ4n) is 2.44. The number of hydrogen-bond acceptors (Lipinski definition) is 7. The van der Waals surface area contributed by atoms with Crippen molar-refractivity contribution in [2.75, 3.05) is 0 Å². The van der Waals surface area contributed by atoms with Gasteiger partial charge in [0.05, 0.1) is 7.17 Å². The largest absolute Gasteiger partial charge is 0 e. The van der Waals surface area contributed by atoms with E-state index in [2.05, 4.69) is 31.5 Å². The molecule has 0 aliphatic rings. The first kappa shape index (κ1) is 63.0. The zero-order valence-electron chi connectivity index (χ0n) is 25.2. The van der Waals surface area contributed by atoms with Crippen LogP contribution in [0.25, 0.3) is 5.73 Å². The molecule has 0 fully saturated rings. The van der Waals surface area contributed by atoms with Crippen molar-refractivity contribution in [2.24, 2.45) is 0 Å². The van der Waals surface area contributed by atoms with Crippen molar-refractivity contribution in [1.29, 1.82) is 0 Å². The molecule has 37 heteroatoms. The maximum atomic E-state index is 9.95. The van der Waals surface area contributed by atoms with Gasteiger partial charge in [0.25, 0.3) is 0 Å². The monoisotopic (exact) mass is 625 g/mol. The van der Waals surface area contributed by atoms with Crippen molar-refractivity contribution in [2.45, 2.75) is 27.1 Å². The number of hydrogen-bond donors (Lipinski definition) is 6. The molecule has 28 radical (unpaired) electrons. The molecule has 0 aliphatic heterocycles. The van der Waals surface area contributed by atoms with E-state index in [0.29, 0.717) is 6.42 Å². The molecule has 0 atom stereocenters. The summed E-state index contributed by atoms with van der Waals surface area (Å²) in [7, 11) is 70.4. The maximum absolute atomic E-state index is 9.95. The number of carbonyl (C=O) groups excluding carboxylic acids is 2. The van der Waals surface area contributed by atoms with E-state index in [0.717, 1.165) is 0 Å². The SMILES string of the molecule is CC(=O)ONNN[NH3+].CCC([NH-])=O.N.O.[B]B([B])B([B]C)B(B([B])[B])B([B])[B].[B][B]B([B])[B]B(B([B])[B])B([B])[B].[NH2+]=[V].[V]. The summed E-state index contributed by atoms with van der Waals surface area (Å²) in [5.74, 6) is 2.25. The third kappa shape index (κ3) is 45.4. The smallest absolute Gasteiger partial charge is 0 e. The predicted octanol–water partition coefficient (Wildman–Crippen LogP) is -12.5. The van der Waals surface area contributed by atoms with Crippen LogP contribution >= 0.6 is 0 Å². The van der Waals surface area contributed by atoms with Crippen LogP contribution in [0, 0.1) is 0 Å². The van der Waals surface area contributed by atoms with Gasteiger partial charge in [0.2, 0.25) is 0 Å². The summed E-state index contributed by atoms with van der Waals surface area (Å²) >= 11 is 1.81. The molecule has 14 N–H and O–H groups in total. The average molecular weight is 621 g/mol. The molecule has 0 spiro atoms. The minimum atomic E-state index is -0.615. The Morgan fingerprint density at radius 1 is 0.907 bits per heavy atom. The van der Waals surface area contributed by atoms with Gasteiger partial charge in [-0.05, 0) is 6.42 Å². The fourth-order valence-corrected chi connectivity index (χ4v) is 2.44. The standard InChI is InChI=1S/C3H7NO.C2H8N4O2.CH3B12.B12.H3N.H2N.H2O.2V/c1-2-3(4)5;1-2(7)8-6-5-4-3;1-8-12(9(2)3)13(10(4)5)11(6)7;1-7-11(6)8-12(9(2)3)10(4)5;;;;;/h2H2,1H3,(H2,4,5);4-6H,3H2,1H3;1H3;;1H3;2*1H2;;/q;;;;;-1;;;+2. The van der Waals surface area contributed by atoms with Crippen LogP contribution in [0.5, 0.6) is 0 Å². The van der Waals surface area contributed by atoms with E-state index in [-0.39, 0.29) is 55.7 Å². The van der Waals surface area contributed by atoms with Crippen molar-refractivity contribution in [1.82, 2.24) is 22.8 Å². The molecule has 0 bridgehead atoms. The third-order valence-electron chi connectivity index (χ3n) is 4.37. The molecule has 0 saturated carbocycles. The zero-order chi connectivity index (χ0) is 33.0. The number of nitrogens with two attached hydrogens (primary N) is 1. The minimum absolute atomic E-state index is 0. The first-order chi connectivity index (χ1) is 18.4. The van der Waals surface area contributed by atoms with Gasteiger partial charge in [-0.3, -0.25) is 10.6 Å². The molecule has 189 valence electrons. The number of rotatable bonds is 14. The second-order valence-electron chi connectivity index (χ2n) is 7.69. The number of carbonyl (C=O) groups is 2. The summed E-state index contributed by atoms with van der Waals surface area (Å²) < 4.78 is 4.44. The molecule has 0 saturated heterocycles. The Labute approximate surface area is 303 Å². The van der Waals surface area contributed by atoms with Crippen LogP contribution in [0.4, 0.5) is 0 Å². The quantitative estimate of drug-likeness (QED) is 0.0624. The topological polar surface area (TPSA) is 223 Å². The second kappa shape index (κ2) is 43.2. The van der Waals surface area contributed by atoms with Crippen LogP contribution in [-0.2, 0) is 50.2 Å². The molecule has 0 aliphatic carbocycles. The molecule has 43 heavy (non-hydrogen) atoms. The predicted molar refractivity (Wildman–Crippen MR) is 198 cm³/mol. The first-order valence-corrected chi connectivity index (χ1v) is 12.5. The summed E-state index contributed by atoms with van der Waals surface area (Å²) in [5.41, 5.74) is 12.7. The van der Waals surface area contributed by atoms with Crippen molar-refractivity contribution in [3.63, 3.8) is 0 Å². The Morgan fingerprint density at radius 2 is 1.26 bits per heavy atom. The van der Waals surface area contributed by atoms with Gasteiger partial charge in [0.15, 0.2) is 0 Å². The zero-order valence-corrected chi connectivity index (χ0v) is 28.0. The maximum Gasteiger partial charge on any atom is 0 e. The second-order valence-corrected chi connectivity index (χ2v) is 7.69. The van der Waals surface area contributed by atoms with E-state index >= 15 is 0 Å². The summed E-state index contributed by atoms with van der Waals surface area (Å²) in [5, 5.41) is 0. The molecule has 11 nitrogen and oxygen atoms in total. The van der Waals surface area contributed by atoms with Gasteiger partial charge < -0.3 is 27.0 Å². The van der Waals surface area contributed by atoms with Crippen molar-refractivity contribution in [3.8, 4) is 0 Å². The number of amides is 1. The Kier molecular flexibility index (Phi) is 63.3. The third-order valence-corrected chi connectivity index (χ3v) is 4.37. The van der Waals surface area contributed by atoms with Crippen LogP contribution in [-0.4, -0.2) is 189 Å². The molecule has 0 aromatic rings. The van der Waals surface area contributed by atoms with E-state index in [4.69, 9.17) is 98.6 Å². The van der Waals surface area contributed by atoms with Crippen LogP contribution in [0.15, 0.2) is 0 Å². The molecular weight excluding hydrogens is 595 g/mol.